The number of benzene rings is 1. The van der Waals surface area contributed by atoms with Gasteiger partial charge in [-0.1, -0.05) is 11.6 Å². The van der Waals surface area contributed by atoms with Gasteiger partial charge in [-0.15, -0.1) is 0 Å². The zero-order valence-electron chi connectivity index (χ0n) is 8.72. The maximum Gasteiger partial charge on any atom is 0.126 e. The molecule has 1 aromatic rings. The van der Waals surface area contributed by atoms with E-state index in [1.54, 1.807) is 6.07 Å². The Hall–Kier alpha value is -0.410. The molecule has 84 valence electrons. The zero-order valence-corrected chi connectivity index (χ0v) is 10.3. The zero-order chi connectivity index (χ0) is 11.1. The molecule has 1 rings (SSSR count). The first-order valence-electron chi connectivity index (χ1n) is 4.91. The number of thioether (sulfide) groups is 1. The second kappa shape index (κ2) is 6.96. The molecule has 0 aliphatic rings. The summed E-state index contributed by atoms with van der Waals surface area (Å²) >= 11 is 7.57. The highest BCUT2D eigenvalue weighted by Crippen LogP contribution is 2.17. The highest BCUT2D eigenvalue weighted by molar-refractivity contribution is 7.98. The molecule has 0 fully saturated rings. The first kappa shape index (κ1) is 12.7. The van der Waals surface area contributed by atoms with Crippen molar-refractivity contribution in [3.8, 4) is 0 Å². The summed E-state index contributed by atoms with van der Waals surface area (Å²) in [7, 11) is 0. The third-order valence-electron chi connectivity index (χ3n) is 1.97. The highest BCUT2D eigenvalue weighted by atomic mass is 35.5. The van der Waals surface area contributed by atoms with Gasteiger partial charge in [-0.25, -0.2) is 4.39 Å². The molecule has 0 amide bonds. The van der Waals surface area contributed by atoms with Crippen LogP contribution >= 0.6 is 23.4 Å². The lowest BCUT2D eigenvalue weighted by Gasteiger charge is -2.06. The first-order chi connectivity index (χ1) is 7.22. The molecule has 1 nitrogen and oxygen atoms in total. The predicted molar refractivity (Wildman–Crippen MR) is 67.5 cm³/mol. The van der Waals surface area contributed by atoms with E-state index in [1.807, 2.05) is 11.8 Å². The van der Waals surface area contributed by atoms with E-state index in [-0.39, 0.29) is 5.82 Å². The van der Waals surface area contributed by atoms with Crippen molar-refractivity contribution < 1.29 is 4.39 Å². The monoisotopic (exact) mass is 247 g/mol. The molecule has 0 heterocycles. The Labute approximate surface area is 99.4 Å². The molecule has 0 unspecified atom stereocenters. The van der Waals surface area contributed by atoms with Gasteiger partial charge in [0.2, 0.25) is 0 Å². The lowest BCUT2D eigenvalue weighted by molar-refractivity contribution is 0.628. The number of anilines is 1. The molecule has 0 spiro atoms. The average Bonchev–Trinajstić information content (AvgIpc) is 2.16. The third kappa shape index (κ3) is 5.28. The summed E-state index contributed by atoms with van der Waals surface area (Å²) in [6, 6.07) is 4.50. The fraction of sp³-hybridized carbons (Fsp3) is 0.455. The van der Waals surface area contributed by atoms with Crippen LogP contribution in [0.5, 0.6) is 0 Å². The van der Waals surface area contributed by atoms with E-state index in [9.17, 15) is 4.39 Å². The summed E-state index contributed by atoms with van der Waals surface area (Å²) in [5.74, 6) is 0.875. The maximum atomic E-state index is 12.9. The molecule has 0 radical (unpaired) electrons. The topological polar surface area (TPSA) is 12.0 Å². The largest absolute Gasteiger partial charge is 0.385 e. The Balaban J connectivity index is 2.31. The molecule has 0 aromatic heterocycles. The summed E-state index contributed by atoms with van der Waals surface area (Å²) < 4.78 is 12.9. The van der Waals surface area contributed by atoms with Crippen LogP contribution in [0, 0.1) is 5.82 Å². The van der Waals surface area contributed by atoms with Gasteiger partial charge in [-0.2, -0.15) is 11.8 Å². The van der Waals surface area contributed by atoms with Gasteiger partial charge in [0.1, 0.15) is 5.82 Å². The van der Waals surface area contributed by atoms with Gasteiger partial charge in [0.25, 0.3) is 0 Å². The Bertz CT molecular complexity index is 286. The second-order valence-electron chi connectivity index (χ2n) is 3.28. The smallest absolute Gasteiger partial charge is 0.126 e. The van der Waals surface area contributed by atoms with Crippen molar-refractivity contribution in [2.24, 2.45) is 0 Å². The van der Waals surface area contributed by atoms with E-state index in [1.165, 1.54) is 24.3 Å². The quantitative estimate of drug-likeness (QED) is 0.762. The lowest BCUT2D eigenvalue weighted by Crippen LogP contribution is -2.02. The third-order valence-corrected chi connectivity index (χ3v) is 2.88. The van der Waals surface area contributed by atoms with Gasteiger partial charge in [-0.05, 0) is 43.0 Å². The average molecular weight is 248 g/mol. The Morgan fingerprint density at radius 2 is 2.13 bits per heavy atom. The Kier molecular flexibility index (Phi) is 5.88. The summed E-state index contributed by atoms with van der Waals surface area (Å²) in [5, 5.41) is 3.58. The molecule has 1 N–H and O–H groups in total. The maximum absolute atomic E-state index is 12.9. The van der Waals surface area contributed by atoms with Crippen molar-refractivity contribution in [1.29, 1.82) is 0 Å². The van der Waals surface area contributed by atoms with E-state index in [0.717, 1.165) is 18.7 Å². The molecule has 0 saturated heterocycles. The fourth-order valence-electron chi connectivity index (χ4n) is 1.26. The summed E-state index contributed by atoms with van der Waals surface area (Å²) in [5.41, 5.74) is 0.754. The van der Waals surface area contributed by atoms with Gasteiger partial charge in [0.15, 0.2) is 0 Å². The van der Waals surface area contributed by atoms with Crippen LogP contribution in [0.25, 0.3) is 0 Å². The van der Waals surface area contributed by atoms with Crippen molar-refractivity contribution in [2.45, 2.75) is 12.8 Å². The van der Waals surface area contributed by atoms with E-state index < -0.39 is 0 Å². The summed E-state index contributed by atoms with van der Waals surface area (Å²) in [4.78, 5) is 0. The van der Waals surface area contributed by atoms with Crippen LogP contribution < -0.4 is 5.32 Å². The number of halogens is 2. The molecule has 0 atom stereocenters. The number of rotatable bonds is 6. The normalized spacial score (nSPS) is 10.3. The second-order valence-corrected chi connectivity index (χ2v) is 4.71. The van der Waals surface area contributed by atoms with Crippen LogP contribution in [0.15, 0.2) is 18.2 Å². The number of hydrogen-bond donors (Lipinski definition) is 1. The van der Waals surface area contributed by atoms with Crippen molar-refractivity contribution in [3.63, 3.8) is 0 Å². The van der Waals surface area contributed by atoms with Gasteiger partial charge >= 0.3 is 0 Å². The number of hydrogen-bond acceptors (Lipinski definition) is 2. The Morgan fingerprint density at radius 1 is 1.33 bits per heavy atom. The molecule has 0 aliphatic heterocycles. The van der Waals surface area contributed by atoms with E-state index >= 15 is 0 Å². The minimum Gasteiger partial charge on any atom is -0.385 e. The van der Waals surface area contributed by atoms with E-state index in [0.29, 0.717) is 5.02 Å². The van der Waals surface area contributed by atoms with Crippen molar-refractivity contribution in [2.75, 3.05) is 23.9 Å². The molecular weight excluding hydrogens is 233 g/mol. The van der Waals surface area contributed by atoms with Crippen molar-refractivity contribution in [3.05, 3.63) is 29.0 Å². The summed E-state index contributed by atoms with van der Waals surface area (Å²) in [6.07, 6.45) is 4.37. The van der Waals surface area contributed by atoms with Gasteiger partial charge < -0.3 is 5.32 Å². The minimum absolute atomic E-state index is 0.297. The number of unbranched alkanes of at least 4 members (excludes halogenated alkanes) is 1. The summed E-state index contributed by atoms with van der Waals surface area (Å²) in [6.45, 7) is 0.861. The van der Waals surface area contributed by atoms with Gasteiger partial charge in [0, 0.05) is 17.3 Å². The minimum atomic E-state index is -0.297. The van der Waals surface area contributed by atoms with Gasteiger partial charge in [0.05, 0.1) is 0 Å². The van der Waals surface area contributed by atoms with Crippen LogP contribution in [0.2, 0.25) is 5.02 Å². The molecule has 1 aromatic carbocycles. The molecule has 0 bridgehead atoms. The first-order valence-corrected chi connectivity index (χ1v) is 6.68. The highest BCUT2D eigenvalue weighted by Gasteiger charge is 1.98. The molecule has 0 aliphatic carbocycles. The predicted octanol–water partition coefficient (Wildman–Crippen LogP) is 4.03. The van der Waals surface area contributed by atoms with Crippen LogP contribution in [0.3, 0.4) is 0 Å². The number of nitrogens with one attached hydrogen (secondary N) is 1. The van der Waals surface area contributed by atoms with Crippen LogP contribution in [0.1, 0.15) is 12.8 Å². The van der Waals surface area contributed by atoms with Crippen molar-refractivity contribution in [1.82, 2.24) is 0 Å². The molecular formula is C11H15ClFNS. The van der Waals surface area contributed by atoms with Crippen molar-refractivity contribution >= 4 is 29.1 Å². The fourth-order valence-corrected chi connectivity index (χ4v) is 1.97. The van der Waals surface area contributed by atoms with Crippen LogP contribution in [-0.4, -0.2) is 18.6 Å². The molecule has 0 saturated carbocycles. The van der Waals surface area contributed by atoms with Crippen LogP contribution in [-0.2, 0) is 0 Å². The molecule has 4 heteroatoms. The van der Waals surface area contributed by atoms with Gasteiger partial charge in [-0.3, -0.25) is 0 Å². The SMILES string of the molecule is CSCCCCNc1cc(F)cc(Cl)c1. The molecule has 15 heavy (non-hydrogen) atoms. The Morgan fingerprint density at radius 3 is 2.80 bits per heavy atom. The van der Waals surface area contributed by atoms with Crippen LogP contribution in [0.4, 0.5) is 10.1 Å². The lowest BCUT2D eigenvalue weighted by atomic mass is 10.3. The van der Waals surface area contributed by atoms with E-state index in [4.69, 9.17) is 11.6 Å². The van der Waals surface area contributed by atoms with E-state index in [2.05, 4.69) is 11.6 Å². The standard InChI is InChI=1S/C11H15ClFNS/c1-15-5-3-2-4-14-11-7-9(12)6-10(13)8-11/h6-8,14H,2-5H2,1H3.